The fraction of sp³-hybridized carbons (Fsp3) is 0.154. The lowest BCUT2D eigenvalue weighted by atomic mass is 10.1. The SMILES string of the molecule is NCCCSc1ccc(-c2ncc(CN3C(=O)c4ccccc4Sc4ccccc43)s2)cc1. The summed E-state index contributed by atoms with van der Waals surface area (Å²) in [5.74, 6) is 1.06. The lowest BCUT2D eigenvalue weighted by Gasteiger charge is -2.22. The number of rotatable bonds is 7. The first-order valence-corrected chi connectivity index (χ1v) is 13.4. The van der Waals surface area contributed by atoms with Crippen LogP contribution < -0.4 is 10.6 Å². The monoisotopic (exact) mass is 489 g/mol. The quantitative estimate of drug-likeness (QED) is 0.235. The lowest BCUT2D eigenvalue weighted by molar-refractivity contribution is 0.0982. The van der Waals surface area contributed by atoms with Crippen LogP contribution in [0.25, 0.3) is 10.6 Å². The Morgan fingerprint density at radius 3 is 2.52 bits per heavy atom. The predicted molar refractivity (Wildman–Crippen MR) is 139 cm³/mol. The molecule has 0 saturated heterocycles. The summed E-state index contributed by atoms with van der Waals surface area (Å²) in [7, 11) is 0. The van der Waals surface area contributed by atoms with Gasteiger partial charge in [-0.25, -0.2) is 4.98 Å². The Morgan fingerprint density at radius 2 is 1.70 bits per heavy atom. The molecule has 0 aliphatic carbocycles. The Kier molecular flexibility index (Phi) is 6.83. The molecule has 0 unspecified atom stereocenters. The van der Waals surface area contributed by atoms with E-state index in [4.69, 9.17) is 5.73 Å². The maximum atomic E-state index is 13.5. The molecule has 33 heavy (non-hydrogen) atoms. The van der Waals surface area contributed by atoms with Crippen LogP contribution >= 0.6 is 34.9 Å². The van der Waals surface area contributed by atoms with Gasteiger partial charge in [-0.2, -0.15) is 0 Å². The van der Waals surface area contributed by atoms with E-state index in [1.807, 2.05) is 65.3 Å². The summed E-state index contributed by atoms with van der Waals surface area (Å²) in [5.41, 5.74) is 8.36. The van der Waals surface area contributed by atoms with Crippen molar-refractivity contribution in [1.82, 2.24) is 4.98 Å². The molecule has 1 aromatic heterocycles. The van der Waals surface area contributed by atoms with Gasteiger partial charge in [-0.1, -0.05) is 48.2 Å². The lowest BCUT2D eigenvalue weighted by Crippen LogP contribution is -2.29. The number of carbonyl (C=O) groups excluding carboxylic acids is 1. The zero-order chi connectivity index (χ0) is 22.6. The fourth-order valence-corrected chi connectivity index (χ4v) is 6.53. The van der Waals surface area contributed by atoms with Gasteiger partial charge in [-0.15, -0.1) is 23.1 Å². The summed E-state index contributed by atoms with van der Waals surface area (Å²) in [6.07, 6.45) is 2.91. The van der Waals surface area contributed by atoms with Crippen LogP contribution in [0, 0.1) is 0 Å². The number of nitrogens with zero attached hydrogens (tertiary/aromatic N) is 2. The second-order valence-electron chi connectivity index (χ2n) is 7.60. The van der Waals surface area contributed by atoms with Gasteiger partial charge in [-0.3, -0.25) is 4.79 Å². The third kappa shape index (κ3) is 4.87. The van der Waals surface area contributed by atoms with E-state index in [0.29, 0.717) is 6.54 Å². The standard InChI is InChI=1S/C26H23N3OS3/c27-14-5-15-31-19-12-10-18(11-13-19)25-28-16-20(32-25)17-29-22-7-2-4-9-24(22)33-23-8-3-1-6-21(23)26(29)30/h1-4,6-13,16H,5,14-15,17,27H2. The Labute approximate surface area is 206 Å². The average molecular weight is 490 g/mol. The highest BCUT2D eigenvalue weighted by atomic mass is 32.2. The van der Waals surface area contributed by atoms with Crippen molar-refractivity contribution in [2.75, 3.05) is 17.2 Å². The van der Waals surface area contributed by atoms with Crippen LogP contribution in [0.15, 0.2) is 93.7 Å². The number of amides is 1. The largest absolute Gasteiger partial charge is 0.330 e. The second-order valence-corrected chi connectivity index (χ2v) is 11.0. The van der Waals surface area contributed by atoms with E-state index < -0.39 is 0 Å². The third-order valence-electron chi connectivity index (χ3n) is 5.32. The Hall–Kier alpha value is -2.58. The van der Waals surface area contributed by atoms with Crippen LogP contribution in [0.2, 0.25) is 0 Å². The van der Waals surface area contributed by atoms with Crippen LogP contribution in [0.3, 0.4) is 0 Å². The Balaban J connectivity index is 1.39. The summed E-state index contributed by atoms with van der Waals surface area (Å²) in [6, 6.07) is 24.5. The van der Waals surface area contributed by atoms with E-state index in [-0.39, 0.29) is 5.91 Å². The van der Waals surface area contributed by atoms with Crippen molar-refractivity contribution in [2.45, 2.75) is 27.7 Å². The molecule has 4 nitrogen and oxygen atoms in total. The molecule has 1 aliphatic rings. The van der Waals surface area contributed by atoms with E-state index in [0.717, 1.165) is 55.2 Å². The number of hydrogen-bond acceptors (Lipinski definition) is 6. The van der Waals surface area contributed by atoms with Crippen LogP contribution in [-0.2, 0) is 6.54 Å². The minimum absolute atomic E-state index is 0.0249. The van der Waals surface area contributed by atoms with Gasteiger partial charge in [0.2, 0.25) is 0 Å². The molecule has 0 radical (unpaired) electrons. The molecular formula is C26H23N3OS3. The summed E-state index contributed by atoms with van der Waals surface area (Å²) in [5, 5.41) is 0.967. The number of hydrogen-bond donors (Lipinski definition) is 1. The first-order valence-electron chi connectivity index (χ1n) is 10.8. The van der Waals surface area contributed by atoms with Crippen LogP contribution in [0.4, 0.5) is 5.69 Å². The molecule has 2 heterocycles. The number of fused-ring (bicyclic) bond motifs is 2. The highest BCUT2D eigenvalue weighted by Gasteiger charge is 2.27. The van der Waals surface area contributed by atoms with Crippen LogP contribution in [0.5, 0.6) is 0 Å². The number of thioether (sulfide) groups is 1. The van der Waals surface area contributed by atoms with Gasteiger partial charge in [0.1, 0.15) is 5.01 Å². The summed E-state index contributed by atoms with van der Waals surface area (Å²) >= 11 is 5.11. The minimum atomic E-state index is 0.0249. The normalized spacial score (nSPS) is 12.9. The number of carbonyl (C=O) groups is 1. The summed E-state index contributed by atoms with van der Waals surface area (Å²) in [4.78, 5) is 24.4. The van der Waals surface area contributed by atoms with Gasteiger partial charge in [-0.05, 0) is 55.1 Å². The number of anilines is 1. The molecule has 0 atom stereocenters. The van der Waals surface area contributed by atoms with E-state index in [1.165, 1.54) is 4.90 Å². The minimum Gasteiger partial charge on any atom is -0.330 e. The molecule has 0 saturated carbocycles. The highest BCUT2D eigenvalue weighted by Crippen LogP contribution is 2.42. The van der Waals surface area contributed by atoms with E-state index in [9.17, 15) is 4.79 Å². The number of nitrogens with two attached hydrogens (primary N) is 1. The molecular weight excluding hydrogens is 467 g/mol. The third-order valence-corrected chi connectivity index (χ3v) is 8.60. The maximum absolute atomic E-state index is 13.5. The van der Waals surface area contributed by atoms with Gasteiger partial charge in [0.25, 0.3) is 5.91 Å². The van der Waals surface area contributed by atoms with Crippen molar-refractivity contribution in [2.24, 2.45) is 5.73 Å². The van der Waals surface area contributed by atoms with E-state index in [1.54, 1.807) is 23.1 Å². The number of para-hydroxylation sites is 1. The fourth-order valence-electron chi connectivity index (χ4n) is 3.67. The van der Waals surface area contributed by atoms with Gasteiger partial charge in [0.15, 0.2) is 0 Å². The van der Waals surface area contributed by atoms with Gasteiger partial charge in [0, 0.05) is 31.3 Å². The molecule has 1 amide bonds. The highest BCUT2D eigenvalue weighted by molar-refractivity contribution is 7.99. The molecule has 7 heteroatoms. The predicted octanol–water partition coefficient (Wildman–Crippen LogP) is 6.56. The zero-order valence-electron chi connectivity index (χ0n) is 17.9. The van der Waals surface area contributed by atoms with Gasteiger partial charge < -0.3 is 10.6 Å². The first-order chi connectivity index (χ1) is 16.2. The van der Waals surface area contributed by atoms with Crippen molar-refractivity contribution in [1.29, 1.82) is 0 Å². The van der Waals surface area contributed by atoms with Crippen LogP contribution in [0.1, 0.15) is 21.7 Å². The van der Waals surface area contributed by atoms with Crippen LogP contribution in [-0.4, -0.2) is 23.2 Å². The smallest absolute Gasteiger partial charge is 0.259 e. The molecule has 5 rings (SSSR count). The Bertz CT molecular complexity index is 1270. The Morgan fingerprint density at radius 1 is 0.939 bits per heavy atom. The molecule has 0 bridgehead atoms. The molecule has 166 valence electrons. The molecule has 0 spiro atoms. The summed E-state index contributed by atoms with van der Waals surface area (Å²) in [6.45, 7) is 1.22. The first kappa shape index (κ1) is 22.2. The zero-order valence-corrected chi connectivity index (χ0v) is 20.4. The summed E-state index contributed by atoms with van der Waals surface area (Å²) < 4.78 is 0. The number of benzene rings is 3. The molecule has 1 aliphatic heterocycles. The van der Waals surface area contributed by atoms with Gasteiger partial charge in [0.05, 0.1) is 17.8 Å². The average Bonchev–Trinajstić information content (AvgIpc) is 3.28. The van der Waals surface area contributed by atoms with Crippen molar-refractivity contribution in [3.05, 3.63) is 89.4 Å². The molecule has 2 N–H and O–H groups in total. The van der Waals surface area contributed by atoms with Crippen molar-refractivity contribution in [3.63, 3.8) is 0 Å². The van der Waals surface area contributed by atoms with Crippen molar-refractivity contribution >= 4 is 46.5 Å². The van der Waals surface area contributed by atoms with E-state index >= 15 is 0 Å². The van der Waals surface area contributed by atoms with Crippen molar-refractivity contribution < 1.29 is 4.79 Å². The molecule has 4 aromatic rings. The van der Waals surface area contributed by atoms with Gasteiger partial charge >= 0.3 is 0 Å². The second kappa shape index (κ2) is 10.1. The maximum Gasteiger partial charge on any atom is 0.259 e. The molecule has 0 fully saturated rings. The number of aromatic nitrogens is 1. The topological polar surface area (TPSA) is 59.2 Å². The molecule has 3 aromatic carbocycles. The number of thiazole rings is 1. The van der Waals surface area contributed by atoms with E-state index in [2.05, 4.69) is 35.3 Å². The van der Waals surface area contributed by atoms with Crippen molar-refractivity contribution in [3.8, 4) is 10.6 Å².